The maximum Gasteiger partial charge on any atom is 0.0829 e. The van der Waals surface area contributed by atoms with Gasteiger partial charge in [0.05, 0.1) is 11.3 Å². The Bertz CT molecular complexity index is 416. The molecule has 0 aliphatic carbocycles. The van der Waals surface area contributed by atoms with Crippen LogP contribution in [-0.2, 0) is 17.7 Å². The first-order valence-electron chi connectivity index (χ1n) is 8.10. The lowest BCUT2D eigenvalue weighted by Crippen LogP contribution is -2.28. The van der Waals surface area contributed by atoms with E-state index in [-0.39, 0.29) is 5.60 Å². The zero-order chi connectivity index (χ0) is 16.1. The van der Waals surface area contributed by atoms with Gasteiger partial charge in [-0.15, -0.1) is 5.10 Å². The highest BCUT2D eigenvalue weighted by atomic mass is 16.5. The van der Waals surface area contributed by atoms with Gasteiger partial charge in [-0.1, -0.05) is 39.8 Å². The van der Waals surface area contributed by atoms with Gasteiger partial charge in [0, 0.05) is 19.3 Å². The molecular formula is C17H33N3O. The van der Waals surface area contributed by atoms with Crippen molar-refractivity contribution in [1.82, 2.24) is 15.0 Å². The number of ether oxygens (including phenoxy) is 1. The van der Waals surface area contributed by atoms with Crippen LogP contribution in [0.3, 0.4) is 0 Å². The molecule has 0 radical (unpaired) electrons. The van der Waals surface area contributed by atoms with Crippen molar-refractivity contribution < 1.29 is 4.74 Å². The molecule has 0 spiro atoms. The van der Waals surface area contributed by atoms with Crippen molar-refractivity contribution in [3.63, 3.8) is 0 Å². The molecule has 0 saturated heterocycles. The largest absolute Gasteiger partial charge is 0.375 e. The van der Waals surface area contributed by atoms with Crippen LogP contribution in [0.15, 0.2) is 6.20 Å². The van der Waals surface area contributed by atoms with Crippen molar-refractivity contribution in [2.75, 3.05) is 6.61 Å². The topological polar surface area (TPSA) is 39.9 Å². The highest BCUT2D eigenvalue weighted by Gasteiger charge is 2.20. The number of hydrogen-bond acceptors (Lipinski definition) is 3. The first-order chi connectivity index (χ1) is 9.57. The quantitative estimate of drug-likeness (QED) is 0.725. The Kier molecular flexibility index (Phi) is 6.39. The zero-order valence-corrected chi connectivity index (χ0v) is 14.9. The number of hydrogen-bond donors (Lipinski definition) is 0. The van der Waals surface area contributed by atoms with Crippen molar-refractivity contribution in [1.29, 1.82) is 0 Å². The van der Waals surface area contributed by atoms with Crippen LogP contribution in [0, 0.1) is 11.3 Å². The van der Waals surface area contributed by atoms with Crippen LogP contribution < -0.4 is 0 Å². The lowest BCUT2D eigenvalue weighted by Gasteiger charge is -2.27. The summed E-state index contributed by atoms with van der Waals surface area (Å²) >= 11 is 0. The maximum absolute atomic E-state index is 6.04. The van der Waals surface area contributed by atoms with Crippen molar-refractivity contribution >= 4 is 0 Å². The van der Waals surface area contributed by atoms with Crippen LogP contribution in [-0.4, -0.2) is 27.2 Å². The van der Waals surface area contributed by atoms with E-state index < -0.39 is 0 Å². The first kappa shape index (κ1) is 18.1. The van der Waals surface area contributed by atoms with E-state index in [4.69, 9.17) is 4.74 Å². The third-order valence-electron chi connectivity index (χ3n) is 3.49. The van der Waals surface area contributed by atoms with E-state index >= 15 is 0 Å². The first-order valence-corrected chi connectivity index (χ1v) is 8.10. The summed E-state index contributed by atoms with van der Waals surface area (Å²) in [6.45, 7) is 17.1. The Morgan fingerprint density at radius 2 is 1.81 bits per heavy atom. The summed E-state index contributed by atoms with van der Waals surface area (Å²) in [5, 5.41) is 8.43. The summed E-state index contributed by atoms with van der Waals surface area (Å²) in [6, 6.07) is 0. The molecule has 0 aliphatic rings. The van der Waals surface area contributed by atoms with Crippen LogP contribution >= 0.6 is 0 Å². The highest BCUT2D eigenvalue weighted by molar-refractivity contribution is 4.93. The van der Waals surface area contributed by atoms with Gasteiger partial charge in [-0.25, -0.2) is 0 Å². The van der Waals surface area contributed by atoms with Gasteiger partial charge < -0.3 is 4.74 Å². The number of rotatable bonds is 8. The standard InChI is InChI=1S/C17H33N3O/c1-14(2)12-15-13-20(19-18-15)10-8-17(6,7)21-11-9-16(3,4)5/h13-14H,8-12H2,1-7H3. The van der Waals surface area contributed by atoms with Crippen LogP contribution in [0.2, 0.25) is 0 Å². The van der Waals surface area contributed by atoms with Gasteiger partial charge in [0.25, 0.3) is 0 Å². The van der Waals surface area contributed by atoms with Crippen molar-refractivity contribution in [2.24, 2.45) is 11.3 Å². The molecule has 122 valence electrons. The van der Waals surface area contributed by atoms with Crippen LogP contribution in [0.5, 0.6) is 0 Å². The molecule has 0 unspecified atom stereocenters. The van der Waals surface area contributed by atoms with Gasteiger partial charge in [0.2, 0.25) is 0 Å². The van der Waals surface area contributed by atoms with Gasteiger partial charge >= 0.3 is 0 Å². The number of nitrogens with zero attached hydrogens (tertiary/aromatic N) is 3. The second kappa shape index (κ2) is 7.39. The molecule has 0 amide bonds. The number of aromatic nitrogens is 3. The van der Waals surface area contributed by atoms with Crippen molar-refractivity contribution in [2.45, 2.75) is 79.9 Å². The van der Waals surface area contributed by atoms with Gasteiger partial charge in [0.15, 0.2) is 0 Å². The summed E-state index contributed by atoms with van der Waals surface area (Å²) in [7, 11) is 0. The molecule has 0 bridgehead atoms. The van der Waals surface area contributed by atoms with E-state index in [1.54, 1.807) is 0 Å². The molecule has 1 rings (SSSR count). The molecule has 4 heteroatoms. The van der Waals surface area contributed by atoms with E-state index in [9.17, 15) is 0 Å². The Morgan fingerprint density at radius 1 is 1.14 bits per heavy atom. The predicted octanol–water partition coefficient (Wildman–Crippen LogP) is 4.10. The minimum absolute atomic E-state index is 0.116. The molecule has 0 fully saturated rings. The number of aryl methyl sites for hydroxylation is 1. The minimum atomic E-state index is -0.116. The fourth-order valence-electron chi connectivity index (χ4n) is 2.05. The molecule has 4 nitrogen and oxygen atoms in total. The molecule has 1 aromatic heterocycles. The average Bonchev–Trinajstić information content (AvgIpc) is 2.71. The zero-order valence-electron chi connectivity index (χ0n) is 14.9. The Labute approximate surface area is 130 Å². The third kappa shape index (κ3) is 8.20. The summed E-state index contributed by atoms with van der Waals surface area (Å²) in [5.74, 6) is 0.618. The molecule has 1 heterocycles. The molecule has 0 aliphatic heterocycles. The summed E-state index contributed by atoms with van der Waals surface area (Å²) in [5.41, 5.74) is 1.29. The molecule has 0 saturated carbocycles. The van der Waals surface area contributed by atoms with Crippen LogP contribution in [0.4, 0.5) is 0 Å². The van der Waals surface area contributed by atoms with Gasteiger partial charge in [-0.3, -0.25) is 4.68 Å². The molecular weight excluding hydrogens is 262 g/mol. The Hall–Kier alpha value is -0.900. The van der Waals surface area contributed by atoms with Gasteiger partial charge in [0.1, 0.15) is 0 Å². The molecule has 0 N–H and O–H groups in total. The lowest BCUT2D eigenvalue weighted by molar-refractivity contribution is -0.0360. The van der Waals surface area contributed by atoms with E-state index in [1.807, 2.05) is 4.68 Å². The molecule has 0 aromatic carbocycles. The summed E-state index contributed by atoms with van der Waals surface area (Å²) in [4.78, 5) is 0. The fraction of sp³-hybridized carbons (Fsp3) is 0.882. The second-order valence-corrected chi connectivity index (χ2v) is 8.24. The predicted molar refractivity (Wildman–Crippen MR) is 87.3 cm³/mol. The SMILES string of the molecule is CC(C)Cc1cn(CCC(C)(C)OCCC(C)(C)C)nn1. The smallest absolute Gasteiger partial charge is 0.0829 e. The van der Waals surface area contributed by atoms with Crippen LogP contribution in [0.25, 0.3) is 0 Å². The lowest BCUT2D eigenvalue weighted by atomic mass is 9.93. The van der Waals surface area contributed by atoms with E-state index in [0.717, 1.165) is 38.1 Å². The molecule has 21 heavy (non-hydrogen) atoms. The average molecular weight is 295 g/mol. The fourth-order valence-corrected chi connectivity index (χ4v) is 2.05. The maximum atomic E-state index is 6.04. The highest BCUT2D eigenvalue weighted by Crippen LogP contribution is 2.22. The van der Waals surface area contributed by atoms with E-state index in [1.165, 1.54) is 0 Å². The minimum Gasteiger partial charge on any atom is -0.375 e. The Balaban J connectivity index is 2.37. The second-order valence-electron chi connectivity index (χ2n) is 8.24. The normalized spacial score (nSPS) is 13.1. The van der Waals surface area contributed by atoms with Crippen molar-refractivity contribution in [3.8, 4) is 0 Å². The Morgan fingerprint density at radius 3 is 2.38 bits per heavy atom. The van der Waals surface area contributed by atoms with Crippen molar-refractivity contribution in [3.05, 3.63) is 11.9 Å². The van der Waals surface area contributed by atoms with E-state index in [0.29, 0.717) is 11.3 Å². The monoisotopic (exact) mass is 295 g/mol. The van der Waals surface area contributed by atoms with E-state index in [2.05, 4.69) is 65.0 Å². The van der Waals surface area contributed by atoms with Gasteiger partial charge in [-0.2, -0.15) is 0 Å². The summed E-state index contributed by atoms with van der Waals surface area (Å²) in [6.07, 6.45) is 5.08. The summed E-state index contributed by atoms with van der Waals surface area (Å²) < 4.78 is 7.97. The molecule has 0 atom stereocenters. The van der Waals surface area contributed by atoms with Gasteiger partial charge in [-0.05, 0) is 44.4 Å². The third-order valence-corrected chi connectivity index (χ3v) is 3.49. The molecule has 1 aromatic rings. The van der Waals surface area contributed by atoms with Crippen LogP contribution in [0.1, 0.15) is 67.0 Å².